The van der Waals surface area contributed by atoms with E-state index >= 15 is 0 Å². The standard InChI is InChI=1S/C8H12F2O2/c1-2-3-6(11)4-7-8(9,10)5-12-7/h2-3,6-7,11H,4-5H2,1H3. The van der Waals surface area contributed by atoms with Crippen molar-refractivity contribution >= 4 is 0 Å². The Morgan fingerprint density at radius 2 is 2.42 bits per heavy atom. The molecule has 1 rings (SSSR count). The van der Waals surface area contributed by atoms with Crippen LogP contribution in [-0.2, 0) is 4.74 Å². The number of ether oxygens (including phenoxy) is 1. The smallest absolute Gasteiger partial charge is 0.296 e. The van der Waals surface area contributed by atoms with E-state index in [2.05, 4.69) is 4.74 Å². The maximum Gasteiger partial charge on any atom is 0.296 e. The summed E-state index contributed by atoms with van der Waals surface area (Å²) in [6.45, 7) is 1.21. The fourth-order valence-electron chi connectivity index (χ4n) is 1.09. The van der Waals surface area contributed by atoms with Gasteiger partial charge in [-0.3, -0.25) is 0 Å². The molecule has 1 fully saturated rings. The van der Waals surface area contributed by atoms with Crippen molar-refractivity contribution in [2.24, 2.45) is 0 Å². The molecule has 1 saturated heterocycles. The number of hydrogen-bond acceptors (Lipinski definition) is 2. The molecule has 4 heteroatoms. The first-order chi connectivity index (χ1) is 5.56. The highest BCUT2D eigenvalue weighted by Gasteiger charge is 2.50. The van der Waals surface area contributed by atoms with Crippen LogP contribution in [0.15, 0.2) is 12.2 Å². The van der Waals surface area contributed by atoms with Gasteiger partial charge < -0.3 is 9.84 Å². The Kier molecular flexibility index (Phi) is 2.80. The Morgan fingerprint density at radius 1 is 1.75 bits per heavy atom. The summed E-state index contributed by atoms with van der Waals surface area (Å²) < 4.78 is 29.7. The minimum atomic E-state index is -2.75. The van der Waals surface area contributed by atoms with Gasteiger partial charge in [0.1, 0.15) is 12.7 Å². The van der Waals surface area contributed by atoms with Gasteiger partial charge in [-0.05, 0) is 6.92 Å². The third-order valence-electron chi connectivity index (χ3n) is 1.82. The minimum Gasteiger partial charge on any atom is -0.389 e. The van der Waals surface area contributed by atoms with Crippen LogP contribution in [0.2, 0.25) is 0 Å². The van der Waals surface area contributed by atoms with Gasteiger partial charge in [0.05, 0.1) is 6.10 Å². The first kappa shape index (κ1) is 9.61. The number of rotatable bonds is 3. The molecule has 1 N–H and O–H groups in total. The predicted molar refractivity (Wildman–Crippen MR) is 40.1 cm³/mol. The molecule has 0 bridgehead atoms. The number of halogens is 2. The van der Waals surface area contributed by atoms with Crippen LogP contribution in [0.5, 0.6) is 0 Å². The van der Waals surface area contributed by atoms with E-state index in [1.54, 1.807) is 13.0 Å². The molecule has 0 aromatic heterocycles. The van der Waals surface area contributed by atoms with E-state index in [1.807, 2.05) is 0 Å². The summed E-state index contributed by atoms with van der Waals surface area (Å²) in [6.07, 6.45) is 1.13. The van der Waals surface area contributed by atoms with Crippen LogP contribution < -0.4 is 0 Å². The molecule has 1 aliphatic rings. The molecule has 1 heterocycles. The summed E-state index contributed by atoms with van der Waals surface area (Å²) in [5, 5.41) is 9.12. The Bertz CT molecular complexity index is 180. The molecule has 2 nitrogen and oxygen atoms in total. The van der Waals surface area contributed by atoms with E-state index in [4.69, 9.17) is 5.11 Å². The number of aliphatic hydroxyl groups is 1. The Balaban J connectivity index is 2.32. The van der Waals surface area contributed by atoms with Crippen molar-refractivity contribution in [2.75, 3.05) is 6.61 Å². The second-order valence-corrected chi connectivity index (χ2v) is 2.89. The molecule has 0 amide bonds. The molecule has 2 unspecified atom stereocenters. The second kappa shape index (κ2) is 3.49. The fraction of sp³-hybridized carbons (Fsp3) is 0.750. The van der Waals surface area contributed by atoms with Crippen LogP contribution >= 0.6 is 0 Å². The summed E-state index contributed by atoms with van der Waals surface area (Å²) >= 11 is 0. The maximum absolute atomic E-state index is 12.5. The molecule has 0 aromatic carbocycles. The number of alkyl halides is 2. The lowest BCUT2D eigenvalue weighted by Crippen LogP contribution is -2.52. The molecule has 12 heavy (non-hydrogen) atoms. The van der Waals surface area contributed by atoms with Crippen molar-refractivity contribution in [3.05, 3.63) is 12.2 Å². The van der Waals surface area contributed by atoms with Gasteiger partial charge in [-0.15, -0.1) is 0 Å². The lowest BCUT2D eigenvalue weighted by Gasteiger charge is -2.36. The number of aliphatic hydroxyl groups excluding tert-OH is 1. The summed E-state index contributed by atoms with van der Waals surface area (Å²) in [5.41, 5.74) is 0. The van der Waals surface area contributed by atoms with Gasteiger partial charge >= 0.3 is 0 Å². The van der Waals surface area contributed by atoms with Crippen molar-refractivity contribution in [3.8, 4) is 0 Å². The van der Waals surface area contributed by atoms with Gasteiger partial charge in [-0.1, -0.05) is 12.2 Å². The number of allylic oxidation sites excluding steroid dienone is 1. The Hall–Kier alpha value is -0.480. The molecule has 0 aromatic rings. The second-order valence-electron chi connectivity index (χ2n) is 2.89. The summed E-state index contributed by atoms with van der Waals surface area (Å²) in [4.78, 5) is 0. The summed E-state index contributed by atoms with van der Waals surface area (Å²) in [5.74, 6) is -2.75. The molecule has 0 radical (unpaired) electrons. The Labute approximate surface area is 69.8 Å². The average Bonchev–Trinajstić information content (AvgIpc) is 1.99. The van der Waals surface area contributed by atoms with Crippen molar-refractivity contribution < 1.29 is 18.6 Å². The van der Waals surface area contributed by atoms with Gasteiger partial charge in [0.15, 0.2) is 0 Å². The number of hydrogen-bond donors (Lipinski definition) is 1. The zero-order chi connectivity index (χ0) is 9.19. The maximum atomic E-state index is 12.5. The van der Waals surface area contributed by atoms with Crippen LogP contribution in [0.1, 0.15) is 13.3 Å². The van der Waals surface area contributed by atoms with Crippen molar-refractivity contribution in [2.45, 2.75) is 31.5 Å². The largest absolute Gasteiger partial charge is 0.389 e. The fourth-order valence-corrected chi connectivity index (χ4v) is 1.09. The van der Waals surface area contributed by atoms with E-state index in [9.17, 15) is 8.78 Å². The third-order valence-corrected chi connectivity index (χ3v) is 1.82. The molecule has 0 aliphatic carbocycles. The predicted octanol–water partition coefficient (Wildman–Crippen LogP) is 1.35. The van der Waals surface area contributed by atoms with Crippen molar-refractivity contribution in [1.29, 1.82) is 0 Å². The topological polar surface area (TPSA) is 29.5 Å². The molecule has 70 valence electrons. The zero-order valence-corrected chi connectivity index (χ0v) is 6.84. The summed E-state index contributed by atoms with van der Waals surface area (Å²) in [7, 11) is 0. The normalized spacial score (nSPS) is 30.2. The summed E-state index contributed by atoms with van der Waals surface area (Å²) in [6, 6.07) is 0. The van der Waals surface area contributed by atoms with Crippen LogP contribution in [0.4, 0.5) is 8.78 Å². The minimum absolute atomic E-state index is 0.0304. The van der Waals surface area contributed by atoms with E-state index in [0.717, 1.165) is 0 Å². The van der Waals surface area contributed by atoms with Gasteiger partial charge in [-0.2, -0.15) is 0 Å². The van der Waals surface area contributed by atoms with Gasteiger partial charge in [0, 0.05) is 6.42 Å². The van der Waals surface area contributed by atoms with Gasteiger partial charge in [0.2, 0.25) is 0 Å². The van der Waals surface area contributed by atoms with E-state index in [1.165, 1.54) is 6.08 Å². The SMILES string of the molecule is CC=CC(O)CC1OCC1(F)F. The lowest BCUT2D eigenvalue weighted by atomic mass is 10.0. The quantitative estimate of drug-likeness (QED) is 0.661. The van der Waals surface area contributed by atoms with Crippen LogP contribution in [0.3, 0.4) is 0 Å². The van der Waals surface area contributed by atoms with Crippen LogP contribution in [0.25, 0.3) is 0 Å². The van der Waals surface area contributed by atoms with E-state index in [-0.39, 0.29) is 6.42 Å². The molecule has 1 aliphatic heterocycles. The molecular weight excluding hydrogens is 166 g/mol. The molecule has 0 saturated carbocycles. The third kappa shape index (κ3) is 2.01. The van der Waals surface area contributed by atoms with Crippen LogP contribution in [0, 0.1) is 0 Å². The Morgan fingerprint density at radius 3 is 2.75 bits per heavy atom. The van der Waals surface area contributed by atoms with Crippen molar-refractivity contribution in [1.82, 2.24) is 0 Å². The highest BCUT2D eigenvalue weighted by atomic mass is 19.3. The molecule has 0 spiro atoms. The first-order valence-electron chi connectivity index (χ1n) is 3.86. The average molecular weight is 178 g/mol. The van der Waals surface area contributed by atoms with Crippen LogP contribution in [-0.4, -0.2) is 29.8 Å². The highest BCUT2D eigenvalue weighted by molar-refractivity contribution is 4.94. The van der Waals surface area contributed by atoms with Gasteiger partial charge in [0.25, 0.3) is 5.92 Å². The highest BCUT2D eigenvalue weighted by Crippen LogP contribution is 2.34. The molecular formula is C8H12F2O2. The van der Waals surface area contributed by atoms with E-state index < -0.39 is 24.7 Å². The molecule has 2 atom stereocenters. The monoisotopic (exact) mass is 178 g/mol. The first-order valence-corrected chi connectivity index (χ1v) is 3.86. The van der Waals surface area contributed by atoms with Crippen molar-refractivity contribution in [3.63, 3.8) is 0 Å². The van der Waals surface area contributed by atoms with E-state index in [0.29, 0.717) is 0 Å². The lowest BCUT2D eigenvalue weighted by molar-refractivity contribution is -0.269. The zero-order valence-electron chi connectivity index (χ0n) is 6.84. The van der Waals surface area contributed by atoms with Gasteiger partial charge in [-0.25, -0.2) is 8.78 Å².